The van der Waals surface area contributed by atoms with E-state index in [1.54, 1.807) is 16.4 Å². The average Bonchev–Trinajstić information content (AvgIpc) is 2.56. The standard InChI is InChI=1S/C15H22N4O2S/c16-9-3-1-4-10-17-15-8-7-14(13-18-15)22(20,21)19-11-5-2-6-12-19/h7-8,13H,1-6,10-12H2,(H,17,18). The molecule has 1 aliphatic rings. The Morgan fingerprint density at radius 3 is 2.64 bits per heavy atom. The third kappa shape index (κ3) is 4.42. The number of nitrogens with one attached hydrogen (secondary N) is 1. The molecule has 0 unspecified atom stereocenters. The van der Waals surface area contributed by atoms with Crippen LogP contribution in [0.5, 0.6) is 0 Å². The van der Waals surface area contributed by atoms with Crippen molar-refractivity contribution in [3.05, 3.63) is 18.3 Å². The highest BCUT2D eigenvalue weighted by atomic mass is 32.2. The SMILES string of the molecule is N#CCCCCNc1ccc(S(=O)(=O)N2CCCCC2)cn1. The number of piperidine rings is 1. The zero-order valence-electron chi connectivity index (χ0n) is 12.7. The van der Waals surface area contributed by atoms with Crippen molar-refractivity contribution < 1.29 is 8.42 Å². The molecule has 0 aromatic carbocycles. The summed E-state index contributed by atoms with van der Waals surface area (Å²) in [5.74, 6) is 0.662. The first-order valence-electron chi connectivity index (χ1n) is 7.71. The molecule has 1 fully saturated rings. The van der Waals surface area contributed by atoms with Gasteiger partial charge >= 0.3 is 0 Å². The molecule has 2 heterocycles. The molecule has 0 aliphatic carbocycles. The van der Waals surface area contributed by atoms with E-state index in [0.29, 0.717) is 25.3 Å². The molecule has 0 spiro atoms. The first kappa shape index (κ1) is 16.7. The van der Waals surface area contributed by atoms with Gasteiger partial charge in [-0.15, -0.1) is 0 Å². The van der Waals surface area contributed by atoms with Crippen LogP contribution < -0.4 is 5.32 Å². The molecule has 1 N–H and O–H groups in total. The Kier molecular flexibility index (Phi) is 6.16. The van der Waals surface area contributed by atoms with Crippen LogP contribution >= 0.6 is 0 Å². The summed E-state index contributed by atoms with van der Waals surface area (Å²) in [7, 11) is -3.40. The Bertz CT molecular complexity index is 601. The number of anilines is 1. The molecule has 1 aromatic heterocycles. The summed E-state index contributed by atoms with van der Waals surface area (Å²) < 4.78 is 26.5. The lowest BCUT2D eigenvalue weighted by Crippen LogP contribution is -2.35. The Balaban J connectivity index is 1.92. The second-order valence-electron chi connectivity index (χ2n) is 5.39. The number of hydrogen-bond acceptors (Lipinski definition) is 5. The zero-order chi connectivity index (χ0) is 15.8. The second kappa shape index (κ2) is 8.11. The van der Waals surface area contributed by atoms with Gasteiger partial charge in [0.25, 0.3) is 0 Å². The number of nitrogens with zero attached hydrogens (tertiary/aromatic N) is 3. The van der Waals surface area contributed by atoms with Crippen LogP contribution in [0.1, 0.15) is 38.5 Å². The Hall–Kier alpha value is -1.65. The lowest BCUT2D eigenvalue weighted by atomic mass is 10.2. The number of nitriles is 1. The van der Waals surface area contributed by atoms with Crippen molar-refractivity contribution in [2.75, 3.05) is 25.0 Å². The van der Waals surface area contributed by atoms with Crippen LogP contribution in [-0.2, 0) is 10.0 Å². The molecule has 0 bridgehead atoms. The van der Waals surface area contributed by atoms with E-state index >= 15 is 0 Å². The van der Waals surface area contributed by atoms with Gasteiger partial charge in [0.05, 0.1) is 6.07 Å². The van der Waals surface area contributed by atoms with Gasteiger partial charge < -0.3 is 5.32 Å². The van der Waals surface area contributed by atoms with E-state index in [4.69, 9.17) is 5.26 Å². The monoisotopic (exact) mass is 322 g/mol. The van der Waals surface area contributed by atoms with Gasteiger partial charge in [0, 0.05) is 32.3 Å². The average molecular weight is 322 g/mol. The maximum Gasteiger partial charge on any atom is 0.244 e. The first-order valence-corrected chi connectivity index (χ1v) is 9.15. The predicted octanol–water partition coefficient (Wildman–Crippen LogP) is 2.36. The highest BCUT2D eigenvalue weighted by Gasteiger charge is 2.25. The number of hydrogen-bond donors (Lipinski definition) is 1. The molecule has 0 amide bonds. The highest BCUT2D eigenvalue weighted by Crippen LogP contribution is 2.20. The summed E-state index contributed by atoms with van der Waals surface area (Å²) in [5.41, 5.74) is 0. The normalized spacial score (nSPS) is 16.1. The first-order chi connectivity index (χ1) is 10.6. The highest BCUT2D eigenvalue weighted by molar-refractivity contribution is 7.89. The van der Waals surface area contributed by atoms with Gasteiger partial charge in [0.2, 0.25) is 10.0 Å². The van der Waals surface area contributed by atoms with Crippen molar-refractivity contribution in [1.29, 1.82) is 5.26 Å². The van der Waals surface area contributed by atoms with Crippen LogP contribution in [0, 0.1) is 11.3 Å². The van der Waals surface area contributed by atoms with E-state index in [1.807, 2.05) is 0 Å². The molecule has 1 saturated heterocycles. The van der Waals surface area contributed by atoms with E-state index in [2.05, 4.69) is 16.4 Å². The van der Waals surface area contributed by atoms with Gasteiger partial charge in [0.1, 0.15) is 10.7 Å². The lowest BCUT2D eigenvalue weighted by Gasteiger charge is -2.25. The van der Waals surface area contributed by atoms with E-state index in [0.717, 1.165) is 38.6 Å². The Morgan fingerprint density at radius 2 is 2.00 bits per heavy atom. The molecule has 120 valence electrons. The van der Waals surface area contributed by atoms with Gasteiger partial charge in [-0.3, -0.25) is 0 Å². The quantitative estimate of drug-likeness (QED) is 0.779. The fourth-order valence-corrected chi connectivity index (χ4v) is 3.90. The smallest absolute Gasteiger partial charge is 0.244 e. The minimum Gasteiger partial charge on any atom is -0.370 e. The van der Waals surface area contributed by atoms with Crippen molar-refractivity contribution in [2.45, 2.75) is 43.4 Å². The van der Waals surface area contributed by atoms with Gasteiger partial charge in [-0.25, -0.2) is 13.4 Å². The molecular formula is C15H22N4O2S. The number of unbranched alkanes of at least 4 members (excludes halogenated alkanes) is 2. The molecule has 2 rings (SSSR count). The number of sulfonamides is 1. The van der Waals surface area contributed by atoms with Crippen LogP contribution in [0.4, 0.5) is 5.82 Å². The maximum atomic E-state index is 12.5. The van der Waals surface area contributed by atoms with E-state index in [1.165, 1.54) is 6.20 Å². The lowest BCUT2D eigenvalue weighted by molar-refractivity contribution is 0.346. The summed E-state index contributed by atoms with van der Waals surface area (Å²) in [6.07, 6.45) is 6.67. The molecule has 0 radical (unpaired) electrons. The van der Waals surface area contributed by atoms with Crippen LogP contribution in [0.25, 0.3) is 0 Å². The van der Waals surface area contributed by atoms with Crippen molar-refractivity contribution >= 4 is 15.8 Å². The molecular weight excluding hydrogens is 300 g/mol. The maximum absolute atomic E-state index is 12.5. The summed E-state index contributed by atoms with van der Waals surface area (Å²) in [4.78, 5) is 4.43. The summed E-state index contributed by atoms with van der Waals surface area (Å²) in [5, 5.41) is 11.6. The minimum absolute atomic E-state index is 0.254. The molecule has 1 aromatic rings. The number of aromatic nitrogens is 1. The fourth-order valence-electron chi connectivity index (χ4n) is 2.44. The Labute approximate surface area is 132 Å². The van der Waals surface area contributed by atoms with Crippen LogP contribution in [-0.4, -0.2) is 37.3 Å². The van der Waals surface area contributed by atoms with Gasteiger partial charge in [-0.05, 0) is 37.8 Å². The topological polar surface area (TPSA) is 86.1 Å². The fraction of sp³-hybridized carbons (Fsp3) is 0.600. The van der Waals surface area contributed by atoms with E-state index in [9.17, 15) is 8.42 Å². The van der Waals surface area contributed by atoms with Gasteiger partial charge in [-0.2, -0.15) is 9.57 Å². The van der Waals surface area contributed by atoms with Gasteiger partial charge in [-0.1, -0.05) is 6.42 Å². The third-order valence-corrected chi connectivity index (χ3v) is 5.59. The third-order valence-electron chi connectivity index (χ3n) is 3.71. The summed E-state index contributed by atoms with van der Waals surface area (Å²) in [6, 6.07) is 5.41. The van der Waals surface area contributed by atoms with E-state index < -0.39 is 10.0 Å². The van der Waals surface area contributed by atoms with Crippen LogP contribution in [0.3, 0.4) is 0 Å². The van der Waals surface area contributed by atoms with Gasteiger partial charge in [0.15, 0.2) is 0 Å². The van der Waals surface area contributed by atoms with Crippen molar-refractivity contribution in [3.63, 3.8) is 0 Å². The molecule has 7 heteroatoms. The molecule has 22 heavy (non-hydrogen) atoms. The molecule has 0 saturated carbocycles. The summed E-state index contributed by atoms with van der Waals surface area (Å²) in [6.45, 7) is 1.93. The number of rotatable bonds is 7. The zero-order valence-corrected chi connectivity index (χ0v) is 13.5. The van der Waals surface area contributed by atoms with Crippen molar-refractivity contribution in [3.8, 4) is 6.07 Å². The summed E-state index contributed by atoms with van der Waals surface area (Å²) >= 11 is 0. The minimum atomic E-state index is -3.40. The molecule has 0 atom stereocenters. The van der Waals surface area contributed by atoms with Crippen LogP contribution in [0.15, 0.2) is 23.2 Å². The van der Waals surface area contributed by atoms with Crippen molar-refractivity contribution in [1.82, 2.24) is 9.29 Å². The largest absolute Gasteiger partial charge is 0.370 e. The second-order valence-corrected chi connectivity index (χ2v) is 7.32. The van der Waals surface area contributed by atoms with Crippen molar-refractivity contribution in [2.24, 2.45) is 0 Å². The van der Waals surface area contributed by atoms with Crippen LogP contribution in [0.2, 0.25) is 0 Å². The molecule has 1 aliphatic heterocycles. The van der Waals surface area contributed by atoms with E-state index in [-0.39, 0.29) is 4.90 Å². The number of pyridine rings is 1. The predicted molar refractivity (Wildman–Crippen MR) is 84.8 cm³/mol. The molecule has 6 nitrogen and oxygen atoms in total. The Morgan fingerprint density at radius 1 is 1.23 bits per heavy atom.